The summed E-state index contributed by atoms with van der Waals surface area (Å²) in [5, 5.41) is 7.12. The molecule has 0 bridgehead atoms. The first kappa shape index (κ1) is 29.0. The molecule has 1 fully saturated rings. The van der Waals surface area contributed by atoms with Crippen molar-refractivity contribution in [2.24, 2.45) is 0 Å². The van der Waals surface area contributed by atoms with Crippen LogP contribution in [0.3, 0.4) is 0 Å². The first-order valence-corrected chi connectivity index (χ1v) is 15.6. The van der Waals surface area contributed by atoms with Crippen LogP contribution in [0.25, 0.3) is 11.1 Å². The normalized spacial score (nSPS) is 16.0. The van der Waals surface area contributed by atoms with E-state index in [0.29, 0.717) is 21.8 Å². The van der Waals surface area contributed by atoms with Crippen molar-refractivity contribution >= 4 is 75.4 Å². The molecule has 0 spiro atoms. The fourth-order valence-corrected chi connectivity index (χ4v) is 7.56. The lowest BCUT2D eigenvalue weighted by Gasteiger charge is -2.28. The maximum atomic E-state index is 13.8. The Morgan fingerprint density at radius 1 is 1.02 bits per heavy atom. The van der Waals surface area contributed by atoms with Crippen molar-refractivity contribution in [3.05, 3.63) is 104 Å². The number of thiocarbonyl (C=S) groups is 1. The minimum Gasteiger partial charge on any atom is -0.322 e. The van der Waals surface area contributed by atoms with Gasteiger partial charge < -0.3 is 9.88 Å². The fraction of sp³-hybridized carbons (Fsp3) is 0.212. The van der Waals surface area contributed by atoms with E-state index in [9.17, 15) is 14.4 Å². The van der Waals surface area contributed by atoms with Gasteiger partial charge in [-0.15, -0.1) is 11.3 Å². The number of amides is 3. The summed E-state index contributed by atoms with van der Waals surface area (Å²) in [6.07, 6.45) is 5.53. The van der Waals surface area contributed by atoms with E-state index in [1.807, 2.05) is 51.1 Å². The molecule has 2 aliphatic rings. The smallest absolute Gasteiger partial charge is 0.270 e. The van der Waals surface area contributed by atoms with Crippen LogP contribution in [-0.4, -0.2) is 27.4 Å². The second-order valence-electron chi connectivity index (χ2n) is 10.8. The number of hydrogen-bond acceptors (Lipinski definition) is 5. The monoisotopic (exact) mass is 628 g/mol. The molecule has 7 nitrogen and oxygen atoms in total. The number of benzene rings is 2. The van der Waals surface area contributed by atoms with Gasteiger partial charge in [-0.05, 0) is 118 Å². The first-order chi connectivity index (χ1) is 20.6. The summed E-state index contributed by atoms with van der Waals surface area (Å²) in [5.74, 6) is -1.22. The number of nitrogens with one attached hydrogen (secondary N) is 2. The second-order valence-corrected chi connectivity index (χ2v) is 12.7. The molecule has 43 heavy (non-hydrogen) atoms. The highest BCUT2D eigenvalue weighted by Crippen LogP contribution is 2.39. The predicted molar refractivity (Wildman–Crippen MR) is 177 cm³/mol. The van der Waals surface area contributed by atoms with Crippen LogP contribution in [0.2, 0.25) is 5.02 Å². The highest BCUT2D eigenvalue weighted by Gasteiger charge is 2.35. The van der Waals surface area contributed by atoms with Crippen LogP contribution in [-0.2, 0) is 22.4 Å². The van der Waals surface area contributed by atoms with E-state index in [1.54, 1.807) is 41.7 Å². The zero-order chi connectivity index (χ0) is 30.4. The van der Waals surface area contributed by atoms with Crippen molar-refractivity contribution in [3.63, 3.8) is 0 Å². The summed E-state index contributed by atoms with van der Waals surface area (Å²) in [6, 6.07) is 16.4. The Hall–Kier alpha value is -4.05. The number of hydrogen-bond donors (Lipinski definition) is 2. The Bertz CT molecular complexity index is 1830. The molecule has 0 atom stereocenters. The molecule has 3 heterocycles. The Kier molecular flexibility index (Phi) is 7.81. The van der Waals surface area contributed by atoms with Gasteiger partial charge in [0.25, 0.3) is 17.7 Å². The molecule has 4 aromatic rings. The Labute approximate surface area is 264 Å². The quantitative estimate of drug-likeness (QED) is 0.141. The standard InChI is InChI=1S/C33H29ClN4O3S2/c1-18-8-12-23(13-9-18)35-30(40)28-25-6-4-5-7-27(25)43-32(28)37-19(2)16-21(20(37)3)17-26-29(39)36-33(42)38(31(26)41)24-14-10-22(34)11-15-24/h8-17H,4-7H2,1-3H3,(H,35,40)(H,36,39,42)/b26-17+. The number of nitrogens with zero attached hydrogens (tertiary/aromatic N) is 2. The van der Waals surface area contributed by atoms with E-state index in [-0.39, 0.29) is 16.6 Å². The van der Waals surface area contributed by atoms with Gasteiger partial charge in [-0.2, -0.15) is 0 Å². The Balaban J connectivity index is 1.40. The minimum atomic E-state index is -0.560. The minimum absolute atomic E-state index is 0.00772. The molecule has 0 unspecified atom stereocenters. The molecule has 6 rings (SSSR count). The van der Waals surface area contributed by atoms with Gasteiger partial charge in [0.05, 0.1) is 11.3 Å². The van der Waals surface area contributed by atoms with Crippen LogP contribution in [0.15, 0.2) is 60.2 Å². The van der Waals surface area contributed by atoms with Crippen LogP contribution in [0, 0.1) is 20.8 Å². The molecule has 1 saturated heterocycles. The molecule has 0 saturated carbocycles. The van der Waals surface area contributed by atoms with Crippen molar-refractivity contribution in [2.45, 2.75) is 46.5 Å². The second kappa shape index (κ2) is 11.6. The molecule has 2 N–H and O–H groups in total. The van der Waals surface area contributed by atoms with Gasteiger partial charge in [0.2, 0.25) is 0 Å². The Morgan fingerprint density at radius 3 is 2.44 bits per heavy atom. The molecule has 218 valence electrons. The molecule has 1 aliphatic carbocycles. The first-order valence-electron chi connectivity index (χ1n) is 14.0. The lowest BCUT2D eigenvalue weighted by molar-refractivity contribution is -0.122. The van der Waals surface area contributed by atoms with Crippen LogP contribution < -0.4 is 15.5 Å². The number of aryl methyl sites for hydroxylation is 3. The lowest BCUT2D eigenvalue weighted by Crippen LogP contribution is -2.54. The summed E-state index contributed by atoms with van der Waals surface area (Å²) in [5.41, 5.74) is 6.54. The average Bonchev–Trinajstić information content (AvgIpc) is 3.48. The van der Waals surface area contributed by atoms with Gasteiger partial charge in [-0.3, -0.25) is 24.6 Å². The summed E-state index contributed by atoms with van der Waals surface area (Å²) in [6.45, 7) is 5.91. The maximum Gasteiger partial charge on any atom is 0.270 e. The maximum absolute atomic E-state index is 13.8. The van der Waals surface area contributed by atoms with E-state index in [2.05, 4.69) is 15.2 Å². The van der Waals surface area contributed by atoms with E-state index >= 15 is 0 Å². The molecule has 2 aromatic carbocycles. The summed E-state index contributed by atoms with van der Waals surface area (Å²) in [4.78, 5) is 43.0. The Morgan fingerprint density at radius 2 is 1.72 bits per heavy atom. The van der Waals surface area contributed by atoms with Gasteiger partial charge in [-0.25, -0.2) is 0 Å². The number of carbonyl (C=O) groups is 3. The third-order valence-corrected chi connectivity index (χ3v) is 9.66. The zero-order valence-corrected chi connectivity index (χ0v) is 26.3. The van der Waals surface area contributed by atoms with Crippen LogP contribution >= 0.6 is 35.2 Å². The van der Waals surface area contributed by atoms with Gasteiger partial charge >= 0.3 is 0 Å². The third kappa shape index (κ3) is 5.44. The molecule has 2 aromatic heterocycles. The zero-order valence-electron chi connectivity index (χ0n) is 23.9. The molecule has 10 heteroatoms. The number of anilines is 2. The molecule has 3 amide bonds. The molecule has 1 aliphatic heterocycles. The van der Waals surface area contributed by atoms with E-state index in [4.69, 9.17) is 23.8 Å². The van der Waals surface area contributed by atoms with E-state index in [1.165, 1.54) is 9.78 Å². The number of fused-ring (bicyclic) bond motifs is 1. The fourth-order valence-electron chi connectivity index (χ4n) is 5.66. The highest BCUT2D eigenvalue weighted by atomic mass is 35.5. The molecular weight excluding hydrogens is 600 g/mol. The summed E-state index contributed by atoms with van der Waals surface area (Å²) < 4.78 is 2.06. The van der Waals surface area contributed by atoms with Crippen molar-refractivity contribution in [1.82, 2.24) is 9.88 Å². The third-order valence-electron chi connectivity index (χ3n) is 7.85. The lowest BCUT2D eigenvalue weighted by atomic mass is 9.95. The number of thiophene rings is 1. The topological polar surface area (TPSA) is 83.4 Å². The van der Waals surface area contributed by atoms with Crippen molar-refractivity contribution < 1.29 is 14.4 Å². The number of aromatic nitrogens is 1. The van der Waals surface area contributed by atoms with Crippen molar-refractivity contribution in [1.29, 1.82) is 0 Å². The van der Waals surface area contributed by atoms with Crippen LogP contribution in [0.5, 0.6) is 0 Å². The van der Waals surface area contributed by atoms with E-state index < -0.39 is 11.8 Å². The van der Waals surface area contributed by atoms with Crippen molar-refractivity contribution in [3.8, 4) is 5.00 Å². The molecular formula is C33H29ClN4O3S2. The van der Waals surface area contributed by atoms with Gasteiger partial charge in [-0.1, -0.05) is 29.3 Å². The largest absolute Gasteiger partial charge is 0.322 e. The average molecular weight is 629 g/mol. The summed E-state index contributed by atoms with van der Waals surface area (Å²) >= 11 is 13.0. The number of carbonyl (C=O) groups excluding carboxylic acids is 3. The molecule has 0 radical (unpaired) electrons. The van der Waals surface area contributed by atoms with E-state index in [0.717, 1.165) is 58.9 Å². The van der Waals surface area contributed by atoms with Crippen molar-refractivity contribution in [2.75, 3.05) is 10.2 Å². The van der Waals surface area contributed by atoms with Crippen LogP contribution in [0.1, 0.15) is 56.2 Å². The number of halogens is 1. The van der Waals surface area contributed by atoms with Crippen LogP contribution in [0.4, 0.5) is 11.4 Å². The predicted octanol–water partition coefficient (Wildman–Crippen LogP) is 7.08. The van der Waals surface area contributed by atoms with Gasteiger partial charge in [0.1, 0.15) is 10.6 Å². The SMILES string of the molecule is Cc1ccc(NC(=O)c2c(-n3c(C)cc(/C=C4\C(=O)NC(=S)N(c5ccc(Cl)cc5)C4=O)c3C)sc3c2CCCC3)cc1. The van der Waals surface area contributed by atoms with Gasteiger partial charge in [0, 0.05) is 27.0 Å². The van der Waals surface area contributed by atoms with Gasteiger partial charge in [0.15, 0.2) is 5.11 Å². The highest BCUT2D eigenvalue weighted by molar-refractivity contribution is 7.80. The summed E-state index contributed by atoms with van der Waals surface area (Å²) in [7, 11) is 0. The number of rotatable bonds is 5.